The molecule has 1 heterocycles. The van der Waals surface area contributed by atoms with E-state index in [1.807, 2.05) is 30.3 Å². The van der Waals surface area contributed by atoms with Crippen molar-refractivity contribution in [3.05, 3.63) is 54.1 Å². The van der Waals surface area contributed by atoms with Gasteiger partial charge in [-0.3, -0.25) is 4.79 Å². The number of para-hydroxylation sites is 1. The van der Waals surface area contributed by atoms with Crippen LogP contribution in [0.1, 0.15) is 10.4 Å². The van der Waals surface area contributed by atoms with Crippen LogP contribution in [-0.4, -0.2) is 52.5 Å². The van der Waals surface area contributed by atoms with E-state index in [4.69, 9.17) is 9.88 Å². The molecule has 0 saturated carbocycles. The molecule has 0 unspecified atom stereocenters. The second kappa shape index (κ2) is 7.35. The Morgan fingerprint density at radius 3 is 2.27 bits per heavy atom. The average molecular weight is 375 g/mol. The zero-order chi connectivity index (χ0) is 18.7. The van der Waals surface area contributed by atoms with E-state index in [2.05, 4.69) is 4.90 Å². The van der Waals surface area contributed by atoms with Crippen LogP contribution in [0.15, 0.2) is 53.4 Å². The van der Waals surface area contributed by atoms with E-state index in [0.29, 0.717) is 26.2 Å². The lowest BCUT2D eigenvalue weighted by molar-refractivity contribution is 0.0746. The third-order valence-electron chi connectivity index (χ3n) is 4.41. The van der Waals surface area contributed by atoms with E-state index in [0.717, 1.165) is 5.69 Å². The molecular weight excluding hydrogens is 354 g/mol. The van der Waals surface area contributed by atoms with Gasteiger partial charge in [0.15, 0.2) is 0 Å². The van der Waals surface area contributed by atoms with E-state index in [9.17, 15) is 13.2 Å². The molecule has 138 valence electrons. The van der Waals surface area contributed by atoms with E-state index < -0.39 is 10.0 Å². The van der Waals surface area contributed by atoms with Gasteiger partial charge >= 0.3 is 0 Å². The molecule has 0 bridgehead atoms. The summed E-state index contributed by atoms with van der Waals surface area (Å²) in [6, 6.07) is 14.3. The first-order valence-corrected chi connectivity index (χ1v) is 9.75. The van der Waals surface area contributed by atoms with E-state index >= 15 is 0 Å². The second-order valence-electron chi connectivity index (χ2n) is 6.03. The summed E-state index contributed by atoms with van der Waals surface area (Å²) in [6.07, 6.45) is 0. The highest BCUT2D eigenvalue weighted by Gasteiger charge is 2.24. The number of nitrogens with two attached hydrogens (primary N) is 1. The van der Waals surface area contributed by atoms with Gasteiger partial charge in [0, 0.05) is 37.4 Å². The van der Waals surface area contributed by atoms with Crippen molar-refractivity contribution < 1.29 is 17.9 Å². The first-order chi connectivity index (χ1) is 12.4. The van der Waals surface area contributed by atoms with Crippen molar-refractivity contribution in [3.63, 3.8) is 0 Å². The number of methoxy groups -OCH3 is 1. The van der Waals surface area contributed by atoms with Gasteiger partial charge in [0.2, 0.25) is 10.0 Å². The highest BCUT2D eigenvalue weighted by atomic mass is 32.2. The number of benzene rings is 2. The number of carbonyl (C=O) groups excluding carboxylic acids is 1. The molecule has 1 aliphatic rings. The Kier molecular flexibility index (Phi) is 5.15. The monoisotopic (exact) mass is 375 g/mol. The molecule has 0 spiro atoms. The van der Waals surface area contributed by atoms with Crippen LogP contribution in [0, 0.1) is 0 Å². The molecular formula is C18H21N3O4S. The number of hydrogen-bond acceptors (Lipinski definition) is 5. The molecule has 1 amide bonds. The SMILES string of the molecule is COc1ccc(C(=O)N2CCN(c3ccccc3)CC2)cc1S(N)(=O)=O. The molecule has 0 radical (unpaired) electrons. The van der Waals surface area contributed by atoms with E-state index in [-0.39, 0.29) is 22.1 Å². The topological polar surface area (TPSA) is 92.9 Å². The summed E-state index contributed by atoms with van der Waals surface area (Å²) in [7, 11) is -2.63. The molecule has 0 aromatic heterocycles. The first-order valence-electron chi connectivity index (χ1n) is 8.20. The van der Waals surface area contributed by atoms with E-state index in [1.165, 1.54) is 19.2 Å². The highest BCUT2D eigenvalue weighted by Crippen LogP contribution is 2.25. The number of rotatable bonds is 4. The number of ether oxygens (including phenoxy) is 1. The molecule has 1 saturated heterocycles. The van der Waals surface area contributed by atoms with Gasteiger partial charge in [0.1, 0.15) is 10.6 Å². The van der Waals surface area contributed by atoms with Crippen LogP contribution in [0.3, 0.4) is 0 Å². The average Bonchev–Trinajstić information content (AvgIpc) is 2.67. The zero-order valence-electron chi connectivity index (χ0n) is 14.5. The van der Waals surface area contributed by atoms with Crippen LogP contribution < -0.4 is 14.8 Å². The molecule has 0 aliphatic carbocycles. The highest BCUT2D eigenvalue weighted by molar-refractivity contribution is 7.89. The van der Waals surface area contributed by atoms with Crippen molar-refractivity contribution in [1.82, 2.24) is 4.90 Å². The Morgan fingerprint density at radius 1 is 1.04 bits per heavy atom. The van der Waals surface area contributed by atoms with Crippen molar-refractivity contribution in [2.45, 2.75) is 4.90 Å². The molecule has 0 atom stereocenters. The fourth-order valence-electron chi connectivity index (χ4n) is 3.02. The summed E-state index contributed by atoms with van der Waals surface area (Å²) in [4.78, 5) is 16.5. The third kappa shape index (κ3) is 3.81. The Bertz CT molecular complexity index is 892. The normalized spacial score (nSPS) is 15.0. The molecule has 26 heavy (non-hydrogen) atoms. The van der Waals surface area contributed by atoms with Gasteiger partial charge in [-0.15, -0.1) is 0 Å². The maximum Gasteiger partial charge on any atom is 0.254 e. The molecule has 7 nitrogen and oxygen atoms in total. The molecule has 3 rings (SSSR count). The number of anilines is 1. The van der Waals surface area contributed by atoms with Crippen molar-refractivity contribution in [3.8, 4) is 5.75 Å². The van der Waals surface area contributed by atoms with Crippen molar-refractivity contribution in [1.29, 1.82) is 0 Å². The zero-order valence-corrected chi connectivity index (χ0v) is 15.3. The number of sulfonamides is 1. The van der Waals surface area contributed by atoms with Crippen molar-refractivity contribution in [2.75, 3.05) is 38.2 Å². The Balaban J connectivity index is 1.75. The van der Waals surface area contributed by atoms with Gasteiger partial charge < -0.3 is 14.5 Å². The lowest BCUT2D eigenvalue weighted by atomic mass is 10.1. The first kappa shape index (κ1) is 18.2. The molecule has 2 aromatic carbocycles. The minimum absolute atomic E-state index is 0.123. The van der Waals surface area contributed by atoms with Gasteiger partial charge in [-0.25, -0.2) is 13.6 Å². The van der Waals surface area contributed by atoms with Crippen LogP contribution in [0.2, 0.25) is 0 Å². The maximum atomic E-state index is 12.8. The summed E-state index contributed by atoms with van der Waals surface area (Å²) in [6.45, 7) is 2.55. The number of hydrogen-bond donors (Lipinski definition) is 1. The van der Waals surface area contributed by atoms with Crippen LogP contribution in [0.4, 0.5) is 5.69 Å². The van der Waals surface area contributed by atoms with Gasteiger partial charge in [0.25, 0.3) is 5.91 Å². The van der Waals surface area contributed by atoms with E-state index in [1.54, 1.807) is 11.0 Å². The molecule has 1 fully saturated rings. The maximum absolute atomic E-state index is 12.8. The third-order valence-corrected chi connectivity index (χ3v) is 5.34. The lowest BCUT2D eigenvalue weighted by Crippen LogP contribution is -2.48. The number of nitrogens with zero attached hydrogens (tertiary/aromatic N) is 2. The predicted molar refractivity (Wildman–Crippen MR) is 98.9 cm³/mol. The van der Waals surface area contributed by atoms with Crippen LogP contribution in [0.5, 0.6) is 5.75 Å². The predicted octanol–water partition coefficient (Wildman–Crippen LogP) is 1.30. The minimum Gasteiger partial charge on any atom is -0.495 e. The van der Waals surface area contributed by atoms with Gasteiger partial charge in [-0.05, 0) is 30.3 Å². The quantitative estimate of drug-likeness (QED) is 0.870. The Labute approximate surface area is 153 Å². The van der Waals surface area contributed by atoms with Crippen molar-refractivity contribution in [2.24, 2.45) is 5.14 Å². The number of amides is 1. The summed E-state index contributed by atoms with van der Waals surface area (Å²) in [5.74, 6) is -0.0942. The van der Waals surface area contributed by atoms with Crippen molar-refractivity contribution >= 4 is 21.6 Å². The smallest absolute Gasteiger partial charge is 0.254 e. The summed E-state index contributed by atoms with van der Waals surface area (Å²) in [5, 5.41) is 5.22. The summed E-state index contributed by atoms with van der Waals surface area (Å²) < 4.78 is 28.5. The minimum atomic E-state index is -3.98. The number of piperazine rings is 1. The molecule has 1 aliphatic heterocycles. The standard InChI is InChI=1S/C18H21N3O4S/c1-25-16-8-7-14(13-17(16)26(19,23)24)18(22)21-11-9-20(10-12-21)15-5-3-2-4-6-15/h2-8,13H,9-12H2,1H3,(H2,19,23,24). The van der Waals surface area contributed by atoms with Crippen LogP contribution in [0.25, 0.3) is 0 Å². The summed E-state index contributed by atoms with van der Waals surface area (Å²) >= 11 is 0. The molecule has 2 N–H and O–H groups in total. The second-order valence-corrected chi connectivity index (χ2v) is 7.56. The largest absolute Gasteiger partial charge is 0.495 e. The molecule has 8 heteroatoms. The Morgan fingerprint density at radius 2 is 1.69 bits per heavy atom. The fraction of sp³-hybridized carbons (Fsp3) is 0.278. The van der Waals surface area contributed by atoms with Gasteiger partial charge in [-0.1, -0.05) is 18.2 Å². The van der Waals surface area contributed by atoms with Gasteiger partial charge in [0.05, 0.1) is 7.11 Å². The van der Waals surface area contributed by atoms with Gasteiger partial charge in [-0.2, -0.15) is 0 Å². The number of carbonyl (C=O) groups is 1. The fourth-order valence-corrected chi connectivity index (χ4v) is 3.74. The molecule has 2 aromatic rings. The Hall–Kier alpha value is -2.58. The van der Waals surface area contributed by atoms with Crippen LogP contribution >= 0.6 is 0 Å². The van der Waals surface area contributed by atoms with Crippen LogP contribution in [-0.2, 0) is 10.0 Å². The lowest BCUT2D eigenvalue weighted by Gasteiger charge is -2.36. The summed E-state index contributed by atoms with van der Waals surface area (Å²) in [5.41, 5.74) is 1.41. The number of primary sulfonamides is 1.